The van der Waals surface area contributed by atoms with Gasteiger partial charge in [-0.3, -0.25) is 19.2 Å². The molecule has 5 N–H and O–H groups in total. The van der Waals surface area contributed by atoms with Gasteiger partial charge in [-0.15, -0.1) is 0 Å². The summed E-state index contributed by atoms with van der Waals surface area (Å²) in [5.74, 6) is -1.95. The van der Waals surface area contributed by atoms with Crippen LogP contribution in [-0.2, 0) is 36.9 Å². The molecule has 200 valence electrons. The predicted octanol–water partition coefficient (Wildman–Crippen LogP) is 2.03. The third-order valence-corrected chi connectivity index (χ3v) is 5.97. The molecule has 10 nitrogen and oxygen atoms in total. The number of benzene rings is 2. The zero-order valence-electron chi connectivity index (χ0n) is 21.3. The Kier molecular flexibility index (Phi) is 10.7. The molecule has 3 rings (SSSR count). The van der Waals surface area contributed by atoms with Crippen LogP contribution in [0.25, 0.3) is 10.9 Å². The van der Waals surface area contributed by atoms with Crippen LogP contribution in [0.5, 0.6) is 0 Å². The van der Waals surface area contributed by atoms with Crippen LogP contribution in [0.3, 0.4) is 0 Å². The first-order valence-corrected chi connectivity index (χ1v) is 12.5. The predicted molar refractivity (Wildman–Crippen MR) is 144 cm³/mol. The molecule has 3 aromatic rings. The van der Waals surface area contributed by atoms with Crippen LogP contribution in [-0.4, -0.2) is 60.0 Å². The topological polar surface area (TPSA) is 153 Å². The van der Waals surface area contributed by atoms with E-state index in [1.54, 1.807) is 13.1 Å². The Balaban J connectivity index is 1.77. The van der Waals surface area contributed by atoms with Gasteiger partial charge in [-0.2, -0.15) is 0 Å². The summed E-state index contributed by atoms with van der Waals surface area (Å²) >= 11 is 0. The van der Waals surface area contributed by atoms with Crippen LogP contribution in [0.1, 0.15) is 30.9 Å². The fourth-order valence-corrected chi connectivity index (χ4v) is 3.97. The molecule has 1 aromatic heterocycles. The van der Waals surface area contributed by atoms with E-state index >= 15 is 0 Å². The van der Waals surface area contributed by atoms with Crippen LogP contribution in [0, 0.1) is 5.41 Å². The monoisotopic (exact) mass is 519 g/mol. The number of fused-ring (bicyclic) bond motifs is 1. The molecule has 0 aliphatic rings. The van der Waals surface area contributed by atoms with Gasteiger partial charge in [0.05, 0.1) is 6.21 Å². The number of para-hydroxylation sites is 1. The Bertz CT molecular complexity index is 1260. The molecular weight excluding hydrogens is 486 g/mol. The number of ether oxygens (including phenoxy) is 1. The first-order chi connectivity index (χ1) is 18.4. The van der Waals surface area contributed by atoms with Crippen molar-refractivity contribution in [1.82, 2.24) is 20.9 Å². The van der Waals surface area contributed by atoms with Gasteiger partial charge in [0.25, 0.3) is 0 Å². The van der Waals surface area contributed by atoms with Crippen molar-refractivity contribution in [2.24, 2.45) is 0 Å². The van der Waals surface area contributed by atoms with E-state index in [9.17, 15) is 19.2 Å². The highest BCUT2D eigenvalue weighted by atomic mass is 16.5. The second-order valence-corrected chi connectivity index (χ2v) is 8.73. The molecule has 0 aliphatic carbocycles. The quantitative estimate of drug-likeness (QED) is 0.195. The standard InChI is InChI=1S/C28H33N5O5/c1-2-38-18-26(35)32-25(14-20-17-30-23-11-7-6-10-22(20)23)28(37)33-24(13-12-21(34)15-29)27(36)31-16-19-8-4-3-5-9-19/h3-11,15,17,24-25,29-30H,2,12-14,16,18H2,1H3,(H,31,36)(H,32,35)(H,33,37)/t24-,25-/m0/s1. The van der Waals surface area contributed by atoms with Crippen molar-refractivity contribution in [3.63, 3.8) is 0 Å². The summed E-state index contributed by atoms with van der Waals surface area (Å²) in [5, 5.41) is 16.3. The molecule has 0 aliphatic heterocycles. The van der Waals surface area contributed by atoms with E-state index in [2.05, 4.69) is 20.9 Å². The van der Waals surface area contributed by atoms with E-state index in [1.165, 1.54) is 0 Å². The Hall–Kier alpha value is -4.31. The molecule has 0 unspecified atom stereocenters. The first-order valence-electron chi connectivity index (χ1n) is 12.5. The second-order valence-electron chi connectivity index (χ2n) is 8.73. The van der Waals surface area contributed by atoms with Gasteiger partial charge in [0.2, 0.25) is 17.7 Å². The summed E-state index contributed by atoms with van der Waals surface area (Å²) < 4.78 is 5.18. The number of aromatic amines is 1. The number of H-pyrrole nitrogens is 1. The van der Waals surface area contributed by atoms with E-state index in [-0.39, 0.29) is 32.4 Å². The van der Waals surface area contributed by atoms with E-state index < -0.39 is 35.6 Å². The molecule has 0 radical (unpaired) electrons. The van der Waals surface area contributed by atoms with Gasteiger partial charge < -0.3 is 31.1 Å². The summed E-state index contributed by atoms with van der Waals surface area (Å²) in [7, 11) is 0. The van der Waals surface area contributed by atoms with Crippen molar-refractivity contribution in [3.05, 3.63) is 71.9 Å². The van der Waals surface area contributed by atoms with Gasteiger partial charge in [0.15, 0.2) is 5.78 Å². The summed E-state index contributed by atoms with van der Waals surface area (Å²) in [6, 6.07) is 14.9. The number of hydrogen-bond acceptors (Lipinski definition) is 6. The van der Waals surface area contributed by atoms with E-state index in [4.69, 9.17) is 10.1 Å². The molecule has 0 spiro atoms. The largest absolute Gasteiger partial charge is 0.372 e. The molecule has 38 heavy (non-hydrogen) atoms. The highest BCUT2D eigenvalue weighted by Gasteiger charge is 2.28. The molecular formula is C28H33N5O5. The van der Waals surface area contributed by atoms with Gasteiger partial charge in [-0.05, 0) is 30.5 Å². The van der Waals surface area contributed by atoms with Gasteiger partial charge >= 0.3 is 0 Å². The van der Waals surface area contributed by atoms with Gasteiger partial charge in [-0.1, -0.05) is 48.5 Å². The summed E-state index contributed by atoms with van der Waals surface area (Å²) in [6.07, 6.45) is 2.57. The number of amides is 3. The average molecular weight is 520 g/mol. The Morgan fingerprint density at radius 1 is 0.974 bits per heavy atom. The lowest BCUT2D eigenvalue weighted by atomic mass is 10.0. The van der Waals surface area contributed by atoms with Crippen molar-refractivity contribution in [2.45, 2.75) is 44.8 Å². The lowest BCUT2D eigenvalue weighted by molar-refractivity contribution is -0.133. The number of Topliss-reactive ketones (excluding diaryl/α,β-unsaturated/α-hetero) is 1. The summed E-state index contributed by atoms with van der Waals surface area (Å²) in [6.45, 7) is 2.15. The van der Waals surface area contributed by atoms with Crippen molar-refractivity contribution in [2.75, 3.05) is 13.2 Å². The molecule has 0 fully saturated rings. The first kappa shape index (κ1) is 28.3. The average Bonchev–Trinajstić information content (AvgIpc) is 3.35. The van der Waals surface area contributed by atoms with Crippen molar-refractivity contribution in [3.8, 4) is 0 Å². The minimum atomic E-state index is -1.04. The number of ketones is 1. The lowest BCUT2D eigenvalue weighted by Crippen LogP contribution is -2.54. The zero-order valence-corrected chi connectivity index (χ0v) is 21.3. The highest BCUT2D eigenvalue weighted by Crippen LogP contribution is 2.19. The molecule has 0 saturated carbocycles. The minimum absolute atomic E-state index is 0.00722. The Labute approximate surface area is 221 Å². The minimum Gasteiger partial charge on any atom is -0.372 e. The summed E-state index contributed by atoms with van der Waals surface area (Å²) in [5.41, 5.74) is 2.59. The fraction of sp³-hybridized carbons (Fsp3) is 0.321. The van der Waals surface area contributed by atoms with Crippen molar-refractivity contribution >= 4 is 40.6 Å². The summed E-state index contributed by atoms with van der Waals surface area (Å²) in [4.78, 5) is 53.8. The molecule has 0 saturated heterocycles. The normalized spacial score (nSPS) is 12.3. The number of rotatable bonds is 15. The number of nitrogens with one attached hydrogen (secondary N) is 5. The maximum atomic E-state index is 13.4. The number of carbonyl (C=O) groups excluding carboxylic acids is 4. The maximum Gasteiger partial charge on any atom is 0.246 e. The SMILES string of the molecule is CCOCC(=O)N[C@@H](Cc1c[nH]c2ccccc12)C(=O)N[C@@H](CCC(=O)C=N)C(=O)NCc1ccccc1. The molecule has 2 atom stereocenters. The number of hydrogen-bond donors (Lipinski definition) is 5. The van der Waals surface area contributed by atoms with E-state index in [0.29, 0.717) is 12.8 Å². The second kappa shape index (κ2) is 14.4. The van der Waals surface area contributed by atoms with Crippen LogP contribution >= 0.6 is 0 Å². The smallest absolute Gasteiger partial charge is 0.246 e. The molecule has 1 heterocycles. The van der Waals surface area contributed by atoms with Crippen LogP contribution in [0.2, 0.25) is 0 Å². The lowest BCUT2D eigenvalue weighted by Gasteiger charge is -2.23. The van der Waals surface area contributed by atoms with Gasteiger partial charge in [-0.25, -0.2) is 0 Å². The Morgan fingerprint density at radius 3 is 2.45 bits per heavy atom. The highest BCUT2D eigenvalue weighted by molar-refractivity contribution is 6.26. The van der Waals surface area contributed by atoms with E-state index in [1.807, 2.05) is 54.6 Å². The molecule has 0 bridgehead atoms. The van der Waals surface area contributed by atoms with Crippen molar-refractivity contribution < 1.29 is 23.9 Å². The molecule has 10 heteroatoms. The van der Waals surface area contributed by atoms with Crippen LogP contribution in [0.15, 0.2) is 60.8 Å². The molecule has 3 amide bonds. The van der Waals surface area contributed by atoms with Crippen molar-refractivity contribution in [1.29, 1.82) is 5.41 Å². The number of aromatic nitrogens is 1. The third-order valence-electron chi connectivity index (χ3n) is 5.97. The zero-order chi connectivity index (χ0) is 27.3. The van der Waals surface area contributed by atoms with Crippen LogP contribution in [0.4, 0.5) is 0 Å². The Morgan fingerprint density at radius 2 is 1.71 bits per heavy atom. The van der Waals surface area contributed by atoms with Crippen LogP contribution < -0.4 is 16.0 Å². The van der Waals surface area contributed by atoms with E-state index in [0.717, 1.165) is 22.0 Å². The van der Waals surface area contributed by atoms with Gasteiger partial charge in [0, 0.05) is 43.1 Å². The number of carbonyl (C=O) groups is 4. The molecule has 2 aromatic carbocycles. The third kappa shape index (κ3) is 8.38. The maximum absolute atomic E-state index is 13.4. The fourth-order valence-electron chi connectivity index (χ4n) is 3.97. The van der Waals surface area contributed by atoms with Gasteiger partial charge in [0.1, 0.15) is 18.7 Å².